The first-order valence-electron chi connectivity index (χ1n) is 6.42. The van der Waals surface area contributed by atoms with Crippen molar-refractivity contribution < 1.29 is 0 Å². The second-order valence-corrected chi connectivity index (χ2v) is 5.51. The molecule has 0 saturated heterocycles. The fourth-order valence-corrected chi connectivity index (χ4v) is 2.74. The highest BCUT2D eigenvalue weighted by Gasteiger charge is 2.21. The van der Waals surface area contributed by atoms with Crippen molar-refractivity contribution in [3.05, 3.63) is 17.5 Å². The molecule has 0 amide bonds. The molecule has 2 atom stereocenters. The number of fused-ring (bicyclic) bond motifs is 1. The minimum atomic E-state index is 0.624. The van der Waals surface area contributed by atoms with Gasteiger partial charge in [-0.2, -0.15) is 5.10 Å². The molecule has 90 valence electrons. The van der Waals surface area contributed by atoms with Crippen LogP contribution in [0, 0.1) is 5.92 Å². The lowest BCUT2D eigenvalue weighted by Crippen LogP contribution is -2.40. The molecular weight excluding hydrogens is 198 g/mol. The fourth-order valence-electron chi connectivity index (χ4n) is 2.74. The summed E-state index contributed by atoms with van der Waals surface area (Å²) in [5.74, 6) is 0.774. The molecule has 1 heterocycles. The minimum absolute atomic E-state index is 0.624. The van der Waals surface area contributed by atoms with E-state index in [0.29, 0.717) is 12.1 Å². The molecule has 1 aliphatic rings. The molecule has 0 spiro atoms. The summed E-state index contributed by atoms with van der Waals surface area (Å²) >= 11 is 0. The Labute approximate surface area is 98.0 Å². The van der Waals surface area contributed by atoms with E-state index in [1.807, 2.05) is 6.20 Å². The van der Waals surface area contributed by atoms with Gasteiger partial charge < -0.3 is 5.32 Å². The Balaban J connectivity index is 1.85. The van der Waals surface area contributed by atoms with Crippen LogP contribution < -0.4 is 5.32 Å². The highest BCUT2D eigenvalue weighted by atomic mass is 15.1. The first-order chi connectivity index (χ1) is 7.65. The minimum Gasteiger partial charge on any atom is -0.311 e. The van der Waals surface area contributed by atoms with Crippen LogP contribution in [0.1, 0.15) is 44.9 Å². The number of H-pyrrole nitrogens is 1. The van der Waals surface area contributed by atoms with Crippen molar-refractivity contribution in [1.82, 2.24) is 15.5 Å². The Morgan fingerprint density at radius 3 is 3.06 bits per heavy atom. The van der Waals surface area contributed by atoms with Gasteiger partial charge in [0.05, 0.1) is 6.20 Å². The average molecular weight is 221 g/mol. The van der Waals surface area contributed by atoms with Gasteiger partial charge in [-0.25, -0.2) is 0 Å². The third kappa shape index (κ3) is 2.85. The van der Waals surface area contributed by atoms with Gasteiger partial charge in [0.1, 0.15) is 0 Å². The second-order valence-electron chi connectivity index (χ2n) is 5.51. The number of nitrogens with one attached hydrogen (secondary N) is 2. The number of rotatable bonds is 4. The van der Waals surface area contributed by atoms with E-state index < -0.39 is 0 Å². The predicted octanol–water partition coefficient (Wildman–Crippen LogP) is 2.29. The molecule has 1 aliphatic carbocycles. The lowest BCUT2D eigenvalue weighted by atomic mass is 9.92. The molecule has 0 radical (unpaired) electrons. The van der Waals surface area contributed by atoms with Crippen LogP contribution >= 0.6 is 0 Å². The van der Waals surface area contributed by atoms with Crippen LogP contribution in [0.25, 0.3) is 0 Å². The van der Waals surface area contributed by atoms with Crippen molar-refractivity contribution in [2.24, 2.45) is 5.92 Å². The van der Waals surface area contributed by atoms with Crippen molar-refractivity contribution in [1.29, 1.82) is 0 Å². The Morgan fingerprint density at radius 2 is 2.31 bits per heavy atom. The van der Waals surface area contributed by atoms with Gasteiger partial charge in [0, 0.05) is 17.8 Å². The maximum atomic E-state index is 4.11. The van der Waals surface area contributed by atoms with E-state index in [4.69, 9.17) is 0 Å². The number of aryl methyl sites for hydroxylation is 1. The molecule has 16 heavy (non-hydrogen) atoms. The van der Waals surface area contributed by atoms with Gasteiger partial charge in [-0.15, -0.1) is 0 Å². The zero-order valence-electron chi connectivity index (χ0n) is 10.6. The van der Waals surface area contributed by atoms with Crippen molar-refractivity contribution >= 4 is 0 Å². The largest absolute Gasteiger partial charge is 0.311 e. The molecule has 3 nitrogen and oxygen atoms in total. The third-order valence-electron chi connectivity index (χ3n) is 3.36. The maximum Gasteiger partial charge on any atom is 0.0522 e. The second kappa shape index (κ2) is 5.00. The van der Waals surface area contributed by atoms with Crippen LogP contribution in [0.4, 0.5) is 0 Å². The molecule has 1 aromatic heterocycles. The van der Waals surface area contributed by atoms with Crippen LogP contribution in [0.5, 0.6) is 0 Å². The van der Waals surface area contributed by atoms with Gasteiger partial charge in [0.25, 0.3) is 0 Å². The lowest BCUT2D eigenvalue weighted by Gasteiger charge is -2.27. The van der Waals surface area contributed by atoms with Crippen LogP contribution in [0.3, 0.4) is 0 Å². The number of hydrogen-bond donors (Lipinski definition) is 2. The highest BCUT2D eigenvalue weighted by Crippen LogP contribution is 2.19. The van der Waals surface area contributed by atoms with Gasteiger partial charge in [-0.05, 0) is 44.1 Å². The van der Waals surface area contributed by atoms with Crippen molar-refractivity contribution in [3.8, 4) is 0 Å². The summed E-state index contributed by atoms with van der Waals surface area (Å²) in [7, 11) is 0. The number of aromatic nitrogens is 2. The standard InChI is InChI=1S/C13H23N3/c1-9(2)6-10(3)15-12-4-5-13-11(7-12)8-14-16-13/h8-10,12,15H,4-7H2,1-3H3,(H,14,16). The fraction of sp³-hybridized carbons (Fsp3) is 0.769. The van der Waals surface area contributed by atoms with Crippen LogP contribution in [-0.2, 0) is 12.8 Å². The SMILES string of the molecule is CC(C)CC(C)NC1CCc2[nH]ncc2C1. The molecule has 0 bridgehead atoms. The molecule has 2 unspecified atom stereocenters. The number of nitrogens with zero attached hydrogens (tertiary/aromatic N) is 1. The normalized spacial score (nSPS) is 22.1. The van der Waals surface area contributed by atoms with Gasteiger partial charge in [0.15, 0.2) is 0 Å². The van der Waals surface area contributed by atoms with E-state index in [0.717, 1.165) is 18.8 Å². The molecule has 1 aromatic rings. The predicted molar refractivity (Wildman–Crippen MR) is 66.5 cm³/mol. The Morgan fingerprint density at radius 1 is 1.50 bits per heavy atom. The average Bonchev–Trinajstić information content (AvgIpc) is 2.63. The molecular formula is C13H23N3. The van der Waals surface area contributed by atoms with Gasteiger partial charge in [-0.1, -0.05) is 13.8 Å². The van der Waals surface area contributed by atoms with Crippen molar-refractivity contribution in [2.45, 2.75) is 58.5 Å². The maximum absolute atomic E-state index is 4.11. The van der Waals surface area contributed by atoms with Crippen LogP contribution in [0.15, 0.2) is 6.20 Å². The Hall–Kier alpha value is -0.830. The van der Waals surface area contributed by atoms with E-state index >= 15 is 0 Å². The first kappa shape index (κ1) is 11.6. The molecule has 0 saturated carbocycles. The smallest absolute Gasteiger partial charge is 0.0522 e. The topological polar surface area (TPSA) is 40.7 Å². The highest BCUT2D eigenvalue weighted by molar-refractivity contribution is 5.21. The summed E-state index contributed by atoms with van der Waals surface area (Å²) in [6, 6.07) is 1.26. The zero-order chi connectivity index (χ0) is 11.5. The molecule has 2 N–H and O–H groups in total. The summed E-state index contributed by atoms with van der Waals surface area (Å²) in [6.07, 6.45) is 6.75. The quantitative estimate of drug-likeness (QED) is 0.819. The molecule has 3 heteroatoms. The monoisotopic (exact) mass is 221 g/mol. The summed E-state index contributed by atoms with van der Waals surface area (Å²) in [4.78, 5) is 0. The van der Waals surface area contributed by atoms with Crippen LogP contribution in [0.2, 0.25) is 0 Å². The van der Waals surface area contributed by atoms with Crippen molar-refractivity contribution in [3.63, 3.8) is 0 Å². The summed E-state index contributed by atoms with van der Waals surface area (Å²) in [5.41, 5.74) is 2.75. The molecule has 0 aliphatic heterocycles. The van der Waals surface area contributed by atoms with Gasteiger partial charge in [0.2, 0.25) is 0 Å². The number of aromatic amines is 1. The van der Waals surface area contributed by atoms with Gasteiger partial charge in [-0.3, -0.25) is 5.10 Å². The van der Waals surface area contributed by atoms with Gasteiger partial charge >= 0.3 is 0 Å². The summed E-state index contributed by atoms with van der Waals surface area (Å²) in [6.45, 7) is 6.87. The Kier molecular flexibility index (Phi) is 3.64. The van der Waals surface area contributed by atoms with E-state index in [1.165, 1.54) is 24.1 Å². The molecule has 0 fully saturated rings. The zero-order valence-corrected chi connectivity index (χ0v) is 10.6. The van der Waals surface area contributed by atoms with E-state index in [2.05, 4.69) is 36.3 Å². The lowest BCUT2D eigenvalue weighted by molar-refractivity contribution is 0.365. The van der Waals surface area contributed by atoms with E-state index in [9.17, 15) is 0 Å². The van der Waals surface area contributed by atoms with E-state index in [1.54, 1.807) is 0 Å². The summed E-state index contributed by atoms with van der Waals surface area (Å²) < 4.78 is 0. The molecule has 0 aromatic carbocycles. The first-order valence-corrected chi connectivity index (χ1v) is 6.42. The summed E-state index contributed by atoms with van der Waals surface area (Å²) in [5, 5.41) is 10.9. The molecule has 2 rings (SSSR count). The van der Waals surface area contributed by atoms with Crippen LogP contribution in [-0.4, -0.2) is 22.3 Å². The Bertz CT molecular complexity index is 330. The van der Waals surface area contributed by atoms with Crippen molar-refractivity contribution in [2.75, 3.05) is 0 Å². The number of hydrogen-bond acceptors (Lipinski definition) is 2. The third-order valence-corrected chi connectivity index (χ3v) is 3.36. The van der Waals surface area contributed by atoms with E-state index in [-0.39, 0.29) is 0 Å².